The van der Waals surface area contributed by atoms with Gasteiger partial charge in [-0.15, -0.1) is 0 Å². The Morgan fingerprint density at radius 1 is 1.50 bits per heavy atom. The SMILES string of the molecule is COCCN(C)c1cnn(CC(=O)OC(C)C)c(=O)c1. The molecule has 0 aliphatic heterocycles. The van der Waals surface area contributed by atoms with E-state index in [2.05, 4.69) is 5.10 Å². The van der Waals surface area contributed by atoms with Crippen molar-refractivity contribution >= 4 is 11.7 Å². The summed E-state index contributed by atoms with van der Waals surface area (Å²) in [5.41, 5.74) is 0.341. The van der Waals surface area contributed by atoms with Crippen molar-refractivity contribution in [3.8, 4) is 0 Å². The van der Waals surface area contributed by atoms with Crippen molar-refractivity contribution in [3.05, 3.63) is 22.6 Å². The predicted octanol–water partition coefficient (Wildman–Crippen LogP) is 0.278. The fourth-order valence-corrected chi connectivity index (χ4v) is 1.53. The summed E-state index contributed by atoms with van der Waals surface area (Å²) in [6.07, 6.45) is 1.33. The van der Waals surface area contributed by atoms with Gasteiger partial charge in [0, 0.05) is 26.8 Å². The molecule has 0 amide bonds. The van der Waals surface area contributed by atoms with Gasteiger partial charge in [-0.25, -0.2) is 4.68 Å². The number of hydrogen-bond acceptors (Lipinski definition) is 6. The number of carbonyl (C=O) groups excluding carboxylic acids is 1. The van der Waals surface area contributed by atoms with Gasteiger partial charge in [0.15, 0.2) is 0 Å². The molecule has 112 valence electrons. The number of aromatic nitrogens is 2. The summed E-state index contributed by atoms with van der Waals surface area (Å²) < 4.78 is 11.0. The highest BCUT2D eigenvalue weighted by Crippen LogP contribution is 2.06. The van der Waals surface area contributed by atoms with Gasteiger partial charge < -0.3 is 14.4 Å². The van der Waals surface area contributed by atoms with Gasteiger partial charge in [-0.05, 0) is 13.8 Å². The molecule has 0 radical (unpaired) electrons. The van der Waals surface area contributed by atoms with E-state index in [0.29, 0.717) is 18.8 Å². The van der Waals surface area contributed by atoms with Gasteiger partial charge in [0.2, 0.25) is 0 Å². The molecule has 7 heteroatoms. The molecule has 1 rings (SSSR count). The monoisotopic (exact) mass is 283 g/mol. The lowest BCUT2D eigenvalue weighted by Gasteiger charge is -2.18. The molecule has 0 bridgehead atoms. The zero-order valence-electron chi connectivity index (χ0n) is 12.3. The van der Waals surface area contributed by atoms with Gasteiger partial charge in [0.05, 0.1) is 24.6 Å². The maximum Gasteiger partial charge on any atom is 0.328 e. The number of likely N-dealkylation sites (N-methyl/N-ethyl adjacent to an activating group) is 1. The average Bonchev–Trinajstić information content (AvgIpc) is 2.37. The first-order valence-electron chi connectivity index (χ1n) is 6.40. The molecule has 0 atom stereocenters. The Bertz CT molecular complexity index is 499. The van der Waals surface area contributed by atoms with E-state index in [1.54, 1.807) is 27.2 Å². The predicted molar refractivity (Wildman–Crippen MR) is 74.9 cm³/mol. The van der Waals surface area contributed by atoms with Gasteiger partial charge in [-0.3, -0.25) is 9.59 Å². The maximum absolute atomic E-state index is 11.9. The number of ether oxygens (including phenoxy) is 2. The molecular weight excluding hydrogens is 262 g/mol. The van der Waals surface area contributed by atoms with Crippen molar-refractivity contribution in [2.75, 3.05) is 32.2 Å². The third kappa shape index (κ3) is 5.00. The van der Waals surface area contributed by atoms with Crippen LogP contribution in [0, 0.1) is 0 Å². The molecule has 1 aromatic heterocycles. The van der Waals surface area contributed by atoms with Crippen LogP contribution in [-0.4, -0.2) is 49.2 Å². The van der Waals surface area contributed by atoms with Crippen molar-refractivity contribution in [1.82, 2.24) is 9.78 Å². The molecule has 0 aliphatic carbocycles. The maximum atomic E-state index is 11.9. The van der Waals surface area contributed by atoms with Crippen LogP contribution in [0.5, 0.6) is 0 Å². The molecule has 1 aromatic rings. The normalized spacial score (nSPS) is 10.7. The summed E-state index contributed by atoms with van der Waals surface area (Å²) >= 11 is 0. The fraction of sp³-hybridized carbons (Fsp3) is 0.615. The highest BCUT2D eigenvalue weighted by Gasteiger charge is 2.10. The van der Waals surface area contributed by atoms with Crippen molar-refractivity contribution in [1.29, 1.82) is 0 Å². The molecule has 1 heterocycles. The first kappa shape index (κ1) is 16.2. The summed E-state index contributed by atoms with van der Waals surface area (Å²) in [6, 6.07) is 1.44. The third-order valence-electron chi connectivity index (χ3n) is 2.57. The highest BCUT2D eigenvalue weighted by molar-refractivity contribution is 5.69. The lowest BCUT2D eigenvalue weighted by molar-refractivity contribution is -0.148. The first-order valence-corrected chi connectivity index (χ1v) is 6.40. The van der Waals surface area contributed by atoms with Crippen LogP contribution in [0.15, 0.2) is 17.1 Å². The fourth-order valence-electron chi connectivity index (χ4n) is 1.53. The van der Waals surface area contributed by atoms with Crippen LogP contribution in [0.25, 0.3) is 0 Å². The van der Waals surface area contributed by atoms with Crippen molar-refractivity contribution < 1.29 is 14.3 Å². The third-order valence-corrected chi connectivity index (χ3v) is 2.57. The summed E-state index contributed by atoms with van der Waals surface area (Å²) in [5, 5.41) is 3.98. The summed E-state index contributed by atoms with van der Waals surface area (Å²) in [6.45, 7) is 4.53. The topological polar surface area (TPSA) is 73.7 Å². The molecular formula is C13H21N3O4. The molecule has 0 N–H and O–H groups in total. The Hall–Kier alpha value is -1.89. The molecule has 20 heavy (non-hydrogen) atoms. The second-order valence-corrected chi connectivity index (χ2v) is 4.66. The minimum atomic E-state index is -0.477. The van der Waals surface area contributed by atoms with Crippen LogP contribution in [-0.2, 0) is 20.8 Å². The van der Waals surface area contributed by atoms with Crippen LogP contribution in [0.1, 0.15) is 13.8 Å². The van der Waals surface area contributed by atoms with E-state index < -0.39 is 5.97 Å². The van der Waals surface area contributed by atoms with Crippen molar-refractivity contribution in [2.45, 2.75) is 26.5 Å². The molecule has 0 aromatic carbocycles. The van der Waals surface area contributed by atoms with Crippen molar-refractivity contribution in [3.63, 3.8) is 0 Å². The van der Waals surface area contributed by atoms with Crippen LogP contribution >= 0.6 is 0 Å². The summed E-state index contributed by atoms with van der Waals surface area (Å²) in [5.74, 6) is -0.477. The van der Waals surface area contributed by atoms with E-state index in [4.69, 9.17) is 9.47 Å². The Labute approximate surface area is 118 Å². The number of hydrogen-bond donors (Lipinski definition) is 0. The van der Waals surface area contributed by atoms with Gasteiger partial charge in [-0.1, -0.05) is 0 Å². The average molecular weight is 283 g/mol. The number of methoxy groups -OCH3 is 1. The number of nitrogens with zero attached hydrogens (tertiary/aromatic N) is 3. The summed E-state index contributed by atoms with van der Waals surface area (Å²) in [4.78, 5) is 25.2. The Morgan fingerprint density at radius 2 is 2.20 bits per heavy atom. The summed E-state index contributed by atoms with van der Waals surface area (Å²) in [7, 11) is 3.46. The Kier molecular flexibility index (Phi) is 6.17. The number of anilines is 1. The molecule has 0 aliphatic rings. The number of rotatable bonds is 7. The van der Waals surface area contributed by atoms with Crippen LogP contribution in [0.3, 0.4) is 0 Å². The molecule has 7 nitrogen and oxygen atoms in total. The van der Waals surface area contributed by atoms with Crippen LogP contribution in [0.2, 0.25) is 0 Å². The lowest BCUT2D eigenvalue weighted by atomic mass is 10.4. The second-order valence-electron chi connectivity index (χ2n) is 4.66. The van der Waals surface area contributed by atoms with E-state index in [0.717, 1.165) is 4.68 Å². The Morgan fingerprint density at radius 3 is 2.75 bits per heavy atom. The number of carbonyl (C=O) groups is 1. The van der Waals surface area contributed by atoms with Gasteiger partial charge in [0.1, 0.15) is 6.54 Å². The van der Waals surface area contributed by atoms with Crippen molar-refractivity contribution in [2.24, 2.45) is 0 Å². The van der Waals surface area contributed by atoms with Gasteiger partial charge in [-0.2, -0.15) is 5.10 Å². The molecule has 0 fully saturated rings. The lowest BCUT2D eigenvalue weighted by Crippen LogP contribution is -2.30. The second kappa shape index (κ2) is 7.64. The van der Waals surface area contributed by atoms with E-state index >= 15 is 0 Å². The smallest absolute Gasteiger partial charge is 0.328 e. The number of esters is 1. The zero-order valence-corrected chi connectivity index (χ0v) is 12.3. The van der Waals surface area contributed by atoms with Gasteiger partial charge in [0.25, 0.3) is 5.56 Å². The molecule has 0 spiro atoms. The highest BCUT2D eigenvalue weighted by atomic mass is 16.5. The van der Waals surface area contributed by atoms with E-state index in [1.807, 2.05) is 11.9 Å². The Balaban J connectivity index is 2.73. The largest absolute Gasteiger partial charge is 0.462 e. The van der Waals surface area contributed by atoms with Crippen LogP contribution < -0.4 is 10.5 Å². The quantitative estimate of drug-likeness (QED) is 0.669. The minimum absolute atomic E-state index is 0.181. The molecule has 0 saturated heterocycles. The zero-order chi connectivity index (χ0) is 15.1. The van der Waals surface area contributed by atoms with E-state index in [9.17, 15) is 9.59 Å². The van der Waals surface area contributed by atoms with E-state index in [-0.39, 0.29) is 18.2 Å². The van der Waals surface area contributed by atoms with Gasteiger partial charge >= 0.3 is 5.97 Å². The van der Waals surface area contributed by atoms with E-state index in [1.165, 1.54) is 6.07 Å². The minimum Gasteiger partial charge on any atom is -0.462 e. The van der Waals surface area contributed by atoms with Crippen LogP contribution in [0.4, 0.5) is 5.69 Å². The molecule has 0 saturated carbocycles. The standard InChI is InChI=1S/C13H21N3O4/c1-10(2)20-13(18)9-16-12(17)7-11(8-14-16)15(3)5-6-19-4/h7-8,10H,5-6,9H2,1-4H3. The first-order chi connectivity index (χ1) is 9.43. The molecule has 0 unspecified atom stereocenters.